The Morgan fingerprint density at radius 3 is 2.73 bits per heavy atom. The Morgan fingerprint density at radius 1 is 1.55 bits per heavy atom. The van der Waals surface area contributed by atoms with E-state index in [-0.39, 0.29) is 5.97 Å². The third-order valence-electron chi connectivity index (χ3n) is 2.02. The van der Waals surface area contributed by atoms with E-state index >= 15 is 0 Å². The van der Waals surface area contributed by atoms with Gasteiger partial charge in [0.05, 0.1) is 12.5 Å². The second kappa shape index (κ2) is 4.37. The SMILES string of the molecule is [2H]C1(C(=O)OCC)CCCCC1. The third-order valence-corrected chi connectivity index (χ3v) is 2.02. The van der Waals surface area contributed by atoms with E-state index in [0.29, 0.717) is 19.4 Å². The maximum atomic E-state index is 11.3. The molecule has 1 aliphatic rings. The summed E-state index contributed by atoms with van der Waals surface area (Å²) in [5, 5.41) is 0. The molecule has 0 saturated heterocycles. The second-order valence-corrected chi connectivity index (χ2v) is 2.88. The van der Waals surface area contributed by atoms with E-state index in [1.54, 1.807) is 6.92 Å². The predicted molar refractivity (Wildman–Crippen MR) is 43.2 cm³/mol. The highest BCUT2D eigenvalue weighted by molar-refractivity contribution is 5.72. The van der Waals surface area contributed by atoms with E-state index in [1.807, 2.05) is 0 Å². The molecule has 0 radical (unpaired) electrons. The van der Waals surface area contributed by atoms with Gasteiger partial charge < -0.3 is 4.74 Å². The number of hydrogen-bond donors (Lipinski definition) is 0. The molecule has 0 aromatic heterocycles. The average molecular weight is 157 g/mol. The van der Waals surface area contributed by atoms with Gasteiger partial charge in [-0.15, -0.1) is 0 Å². The Kier molecular flexibility index (Phi) is 2.83. The highest BCUT2D eigenvalue weighted by Gasteiger charge is 2.21. The van der Waals surface area contributed by atoms with Crippen LogP contribution in [0.2, 0.25) is 0 Å². The van der Waals surface area contributed by atoms with E-state index in [4.69, 9.17) is 6.11 Å². The lowest BCUT2D eigenvalue weighted by Crippen LogP contribution is -2.20. The minimum absolute atomic E-state index is 0.329. The maximum Gasteiger partial charge on any atom is 0.308 e. The van der Waals surface area contributed by atoms with Gasteiger partial charge in [0.1, 0.15) is 0 Å². The second-order valence-electron chi connectivity index (χ2n) is 2.88. The Balaban J connectivity index is 2.50. The lowest BCUT2D eigenvalue weighted by molar-refractivity contribution is -0.149. The van der Waals surface area contributed by atoms with Crippen molar-refractivity contribution in [2.24, 2.45) is 5.89 Å². The largest absolute Gasteiger partial charge is 0.466 e. The van der Waals surface area contributed by atoms with Gasteiger partial charge in [0, 0.05) is 1.37 Å². The van der Waals surface area contributed by atoms with E-state index in [0.717, 1.165) is 19.3 Å². The van der Waals surface area contributed by atoms with Crippen molar-refractivity contribution in [2.45, 2.75) is 39.0 Å². The monoisotopic (exact) mass is 157 g/mol. The molecule has 0 N–H and O–H groups in total. The zero-order chi connectivity index (χ0) is 9.03. The van der Waals surface area contributed by atoms with Crippen LogP contribution in [0.15, 0.2) is 0 Å². The molecule has 1 saturated carbocycles. The molecule has 0 bridgehead atoms. The number of hydrogen-bond acceptors (Lipinski definition) is 2. The average Bonchev–Trinajstić information content (AvgIpc) is 2.06. The highest BCUT2D eigenvalue weighted by Crippen LogP contribution is 2.24. The van der Waals surface area contributed by atoms with Crippen molar-refractivity contribution in [3.63, 3.8) is 0 Å². The van der Waals surface area contributed by atoms with Crippen molar-refractivity contribution >= 4 is 5.97 Å². The Labute approximate surface area is 69.3 Å². The number of esters is 1. The van der Waals surface area contributed by atoms with Crippen LogP contribution in [0.1, 0.15) is 40.4 Å². The summed E-state index contributed by atoms with van der Waals surface area (Å²) in [7, 11) is 0. The van der Waals surface area contributed by atoms with Gasteiger partial charge in [-0.1, -0.05) is 19.3 Å². The first-order chi connectivity index (χ1) is 5.69. The van der Waals surface area contributed by atoms with Crippen molar-refractivity contribution in [2.75, 3.05) is 6.61 Å². The molecular formula is C9H16O2. The van der Waals surface area contributed by atoms with Gasteiger partial charge in [-0.3, -0.25) is 4.79 Å². The predicted octanol–water partition coefficient (Wildman–Crippen LogP) is 2.13. The van der Waals surface area contributed by atoms with Crippen molar-refractivity contribution in [3.8, 4) is 0 Å². The molecule has 0 aromatic rings. The van der Waals surface area contributed by atoms with Crippen LogP contribution in [-0.4, -0.2) is 12.6 Å². The van der Waals surface area contributed by atoms with Crippen molar-refractivity contribution < 1.29 is 10.9 Å². The maximum absolute atomic E-state index is 11.3. The molecule has 1 aliphatic carbocycles. The van der Waals surface area contributed by atoms with Crippen LogP contribution < -0.4 is 0 Å². The van der Waals surface area contributed by atoms with Crippen LogP contribution in [0.5, 0.6) is 0 Å². The van der Waals surface area contributed by atoms with Crippen LogP contribution in [0.25, 0.3) is 0 Å². The lowest BCUT2D eigenvalue weighted by atomic mass is 9.89. The van der Waals surface area contributed by atoms with Crippen LogP contribution in [0.3, 0.4) is 0 Å². The summed E-state index contributed by atoms with van der Waals surface area (Å²) < 4.78 is 12.7. The summed E-state index contributed by atoms with van der Waals surface area (Å²) in [5.74, 6) is -1.25. The van der Waals surface area contributed by atoms with E-state index in [1.165, 1.54) is 0 Å². The zero-order valence-electron chi connectivity index (χ0n) is 8.06. The first kappa shape index (κ1) is 7.14. The molecule has 11 heavy (non-hydrogen) atoms. The Morgan fingerprint density at radius 2 is 2.18 bits per heavy atom. The molecule has 0 amide bonds. The molecule has 0 unspecified atom stereocenters. The number of carbonyl (C=O) groups is 1. The quantitative estimate of drug-likeness (QED) is 0.574. The minimum Gasteiger partial charge on any atom is -0.466 e. The van der Waals surface area contributed by atoms with Gasteiger partial charge >= 0.3 is 5.97 Å². The first-order valence-electron chi connectivity index (χ1n) is 4.86. The molecule has 0 aromatic carbocycles. The van der Waals surface area contributed by atoms with E-state index < -0.39 is 5.89 Å². The fraction of sp³-hybridized carbons (Fsp3) is 0.889. The molecule has 1 rings (SSSR count). The highest BCUT2D eigenvalue weighted by atomic mass is 16.5. The van der Waals surface area contributed by atoms with Crippen LogP contribution in [0, 0.1) is 5.89 Å². The Bertz CT molecular complexity index is 162. The van der Waals surface area contributed by atoms with Crippen LogP contribution in [-0.2, 0) is 9.53 Å². The summed E-state index contributed by atoms with van der Waals surface area (Å²) in [6.07, 6.45) is 4.47. The van der Waals surface area contributed by atoms with Crippen LogP contribution >= 0.6 is 0 Å². The molecule has 0 aliphatic heterocycles. The summed E-state index contributed by atoms with van der Waals surface area (Å²) in [4.78, 5) is 11.3. The topological polar surface area (TPSA) is 26.3 Å². The summed E-state index contributed by atoms with van der Waals surface area (Å²) in [6.45, 7) is 2.17. The fourth-order valence-corrected chi connectivity index (χ4v) is 1.42. The summed E-state index contributed by atoms with van der Waals surface area (Å²) >= 11 is 0. The minimum atomic E-state index is -0.922. The van der Waals surface area contributed by atoms with E-state index in [2.05, 4.69) is 0 Å². The standard InChI is InChI=1S/C9H16O2/c1-2-11-9(10)8-6-4-3-5-7-8/h8H,2-7H2,1H3/i8D. The van der Waals surface area contributed by atoms with Gasteiger partial charge in [-0.25, -0.2) is 0 Å². The smallest absolute Gasteiger partial charge is 0.308 e. The van der Waals surface area contributed by atoms with Crippen molar-refractivity contribution in [1.29, 1.82) is 0 Å². The summed E-state index contributed by atoms with van der Waals surface area (Å²) in [5.41, 5.74) is 0. The first-order valence-corrected chi connectivity index (χ1v) is 4.36. The number of ether oxygens (including phenoxy) is 1. The molecule has 2 heteroatoms. The fourth-order valence-electron chi connectivity index (χ4n) is 1.42. The normalized spacial score (nSPS) is 23.9. The molecular weight excluding hydrogens is 140 g/mol. The molecule has 0 atom stereocenters. The number of carbonyl (C=O) groups excluding carboxylic acids is 1. The third kappa shape index (κ3) is 2.52. The van der Waals surface area contributed by atoms with Crippen molar-refractivity contribution in [1.82, 2.24) is 0 Å². The molecule has 1 fully saturated rings. The van der Waals surface area contributed by atoms with Crippen LogP contribution in [0.4, 0.5) is 0 Å². The molecule has 0 heterocycles. The molecule has 64 valence electrons. The summed E-state index contributed by atoms with van der Waals surface area (Å²) in [6, 6.07) is 0. The number of rotatable bonds is 2. The Hall–Kier alpha value is -0.530. The lowest BCUT2D eigenvalue weighted by Gasteiger charge is -2.19. The van der Waals surface area contributed by atoms with E-state index in [9.17, 15) is 4.79 Å². The molecule has 2 nitrogen and oxygen atoms in total. The van der Waals surface area contributed by atoms with Gasteiger partial charge in [0.25, 0.3) is 0 Å². The van der Waals surface area contributed by atoms with Gasteiger partial charge in [0.2, 0.25) is 0 Å². The van der Waals surface area contributed by atoms with Gasteiger partial charge in [-0.05, 0) is 19.8 Å². The molecule has 0 spiro atoms. The van der Waals surface area contributed by atoms with Gasteiger partial charge in [0.15, 0.2) is 0 Å². The van der Waals surface area contributed by atoms with Crippen molar-refractivity contribution in [3.05, 3.63) is 0 Å². The van der Waals surface area contributed by atoms with Gasteiger partial charge in [-0.2, -0.15) is 0 Å². The zero-order valence-corrected chi connectivity index (χ0v) is 7.06.